The highest BCUT2D eigenvalue weighted by atomic mass is 19.2. The molecule has 43 heavy (non-hydrogen) atoms. The molecular formula is C32H34F2N4O5. The predicted molar refractivity (Wildman–Crippen MR) is 153 cm³/mol. The van der Waals surface area contributed by atoms with Gasteiger partial charge in [0.15, 0.2) is 11.6 Å². The molecule has 2 amide bonds. The number of benzene rings is 2. The van der Waals surface area contributed by atoms with Gasteiger partial charge in [0, 0.05) is 44.5 Å². The molecule has 2 fully saturated rings. The second kappa shape index (κ2) is 12.7. The van der Waals surface area contributed by atoms with E-state index in [9.17, 15) is 23.5 Å². The molecule has 0 radical (unpaired) electrons. The van der Waals surface area contributed by atoms with Gasteiger partial charge in [-0.3, -0.25) is 19.5 Å². The molecule has 2 saturated heterocycles. The van der Waals surface area contributed by atoms with Crippen molar-refractivity contribution in [2.24, 2.45) is 0 Å². The Bertz CT molecular complexity index is 1480. The number of hydrogen-bond acceptors (Lipinski definition) is 7. The average Bonchev–Trinajstić information content (AvgIpc) is 3.40. The van der Waals surface area contributed by atoms with Gasteiger partial charge in [0.2, 0.25) is 5.91 Å². The molecule has 5 atom stereocenters. The van der Waals surface area contributed by atoms with Gasteiger partial charge in [-0.15, -0.1) is 0 Å². The van der Waals surface area contributed by atoms with Crippen LogP contribution >= 0.6 is 0 Å². The topological polar surface area (TPSA) is 113 Å². The van der Waals surface area contributed by atoms with Gasteiger partial charge >= 0.3 is 0 Å². The first kappa shape index (κ1) is 29.2. The minimum absolute atomic E-state index is 0.127. The lowest BCUT2D eigenvalue weighted by Crippen LogP contribution is -2.50. The lowest BCUT2D eigenvalue weighted by molar-refractivity contribution is -0.133. The number of ether oxygens (including phenoxy) is 2. The molecule has 226 valence electrons. The standard InChI is InChI=1S/C32H34F2N4O5/c33-25-5-1-19(13-26(25)34)17-38-18-22-15-27(38)32(41)36-16-30-28(39)6-3-23(43-30)9-12-42-29-14-21(20-7-10-35-11-8-20)2-4-24(29)31(40)37-22/h1-2,4-5,7-8,10-11,13-14,22-23,27-28,30,39H,3,6,9,12,15-18H2,(H,36,41)(H,37,40)/t22-,23-,27-,28-,30+/m0/s1. The summed E-state index contributed by atoms with van der Waals surface area (Å²) in [5, 5.41) is 16.6. The molecule has 3 aliphatic rings. The van der Waals surface area contributed by atoms with Crippen LogP contribution in [0.2, 0.25) is 0 Å². The Balaban J connectivity index is 1.29. The fourth-order valence-corrected chi connectivity index (χ4v) is 6.11. The molecule has 0 aliphatic carbocycles. The summed E-state index contributed by atoms with van der Waals surface area (Å²) in [6.07, 6.45) is 3.96. The maximum absolute atomic E-state index is 14.0. The van der Waals surface area contributed by atoms with Crippen LogP contribution in [0.4, 0.5) is 8.78 Å². The van der Waals surface area contributed by atoms with Crippen LogP contribution in [0, 0.1) is 11.6 Å². The Labute approximate surface area is 248 Å². The maximum atomic E-state index is 14.0. The van der Waals surface area contributed by atoms with Crippen LogP contribution in [0.5, 0.6) is 5.75 Å². The predicted octanol–water partition coefficient (Wildman–Crippen LogP) is 3.21. The van der Waals surface area contributed by atoms with Crippen LogP contribution in [0.25, 0.3) is 11.1 Å². The summed E-state index contributed by atoms with van der Waals surface area (Å²) in [5.41, 5.74) is 2.67. The van der Waals surface area contributed by atoms with E-state index in [4.69, 9.17) is 9.47 Å². The first-order valence-electron chi connectivity index (χ1n) is 14.6. The molecule has 1 aromatic heterocycles. The largest absolute Gasteiger partial charge is 0.493 e. The number of halogens is 2. The number of hydrogen-bond donors (Lipinski definition) is 3. The Morgan fingerprint density at radius 2 is 1.81 bits per heavy atom. The second-order valence-corrected chi connectivity index (χ2v) is 11.4. The van der Waals surface area contributed by atoms with E-state index in [-0.39, 0.29) is 31.0 Å². The molecule has 0 spiro atoms. The van der Waals surface area contributed by atoms with Crippen molar-refractivity contribution in [3.63, 3.8) is 0 Å². The summed E-state index contributed by atoms with van der Waals surface area (Å²) in [6, 6.07) is 11.8. The minimum Gasteiger partial charge on any atom is -0.493 e. The van der Waals surface area contributed by atoms with Crippen molar-refractivity contribution in [2.75, 3.05) is 19.7 Å². The molecular weight excluding hydrogens is 558 g/mol. The van der Waals surface area contributed by atoms with Gasteiger partial charge in [-0.05, 0) is 72.4 Å². The molecule has 11 heteroatoms. The monoisotopic (exact) mass is 592 g/mol. The number of rotatable bonds is 3. The third-order valence-corrected chi connectivity index (χ3v) is 8.41. The van der Waals surface area contributed by atoms with Gasteiger partial charge in [0.1, 0.15) is 11.9 Å². The van der Waals surface area contributed by atoms with E-state index in [1.807, 2.05) is 29.2 Å². The number of nitrogens with one attached hydrogen (secondary N) is 2. The minimum atomic E-state index is -0.964. The SMILES string of the molecule is O=C1N[C@H]2C[C@@H](C(=O)NC[C@H]3O[C@H](CCOc4cc(-c5ccncc5)ccc41)CC[C@@H]3O)N(Cc1ccc(F)c(F)c1)C2. The van der Waals surface area contributed by atoms with Crippen LogP contribution in [-0.2, 0) is 16.1 Å². The molecule has 3 aromatic rings. The van der Waals surface area contributed by atoms with E-state index in [1.165, 1.54) is 6.07 Å². The summed E-state index contributed by atoms with van der Waals surface area (Å²) >= 11 is 0. The van der Waals surface area contributed by atoms with E-state index in [0.29, 0.717) is 55.7 Å². The zero-order chi connectivity index (χ0) is 29.9. The summed E-state index contributed by atoms with van der Waals surface area (Å²) < 4.78 is 39.9. The first-order chi connectivity index (χ1) is 20.8. The molecule has 4 heterocycles. The van der Waals surface area contributed by atoms with Gasteiger partial charge in [-0.2, -0.15) is 0 Å². The number of amides is 2. The molecule has 4 bridgehead atoms. The Morgan fingerprint density at radius 1 is 0.977 bits per heavy atom. The van der Waals surface area contributed by atoms with Crippen molar-refractivity contribution in [1.29, 1.82) is 0 Å². The third kappa shape index (κ3) is 6.69. The van der Waals surface area contributed by atoms with Crippen molar-refractivity contribution in [3.05, 3.63) is 83.7 Å². The molecule has 2 aromatic carbocycles. The summed E-state index contributed by atoms with van der Waals surface area (Å²) in [6.45, 7) is 0.926. The van der Waals surface area contributed by atoms with E-state index in [1.54, 1.807) is 18.5 Å². The van der Waals surface area contributed by atoms with E-state index in [0.717, 1.165) is 23.3 Å². The highest BCUT2D eigenvalue weighted by Crippen LogP contribution is 2.30. The van der Waals surface area contributed by atoms with Crippen molar-refractivity contribution < 1.29 is 33.0 Å². The number of carbonyl (C=O) groups is 2. The normalized spacial score (nSPS) is 26.6. The fourth-order valence-electron chi connectivity index (χ4n) is 6.11. The van der Waals surface area contributed by atoms with Crippen LogP contribution < -0.4 is 15.4 Å². The number of aliphatic hydroxyl groups excluding tert-OH is 1. The summed E-state index contributed by atoms with van der Waals surface area (Å²) in [7, 11) is 0. The van der Waals surface area contributed by atoms with Crippen molar-refractivity contribution in [1.82, 2.24) is 20.5 Å². The number of aliphatic hydroxyl groups is 1. The highest BCUT2D eigenvalue weighted by molar-refractivity contribution is 5.98. The van der Waals surface area contributed by atoms with Gasteiger partial charge in [0.05, 0.1) is 30.4 Å². The van der Waals surface area contributed by atoms with Crippen LogP contribution in [-0.4, -0.2) is 76.9 Å². The van der Waals surface area contributed by atoms with E-state index >= 15 is 0 Å². The Hall–Kier alpha value is -3.93. The Morgan fingerprint density at radius 3 is 2.63 bits per heavy atom. The third-order valence-electron chi connectivity index (χ3n) is 8.41. The molecule has 3 aliphatic heterocycles. The van der Waals surface area contributed by atoms with Gasteiger partial charge < -0.3 is 25.2 Å². The number of pyridine rings is 1. The smallest absolute Gasteiger partial charge is 0.255 e. The molecule has 3 N–H and O–H groups in total. The lowest BCUT2D eigenvalue weighted by Gasteiger charge is -2.34. The van der Waals surface area contributed by atoms with Crippen LogP contribution in [0.3, 0.4) is 0 Å². The van der Waals surface area contributed by atoms with Gasteiger partial charge in [-0.1, -0.05) is 12.1 Å². The molecule has 0 unspecified atom stereocenters. The van der Waals surface area contributed by atoms with Gasteiger partial charge in [0.25, 0.3) is 5.91 Å². The Kier molecular flexibility index (Phi) is 8.64. The maximum Gasteiger partial charge on any atom is 0.255 e. The number of fused-ring (bicyclic) bond motifs is 5. The average molecular weight is 593 g/mol. The lowest BCUT2D eigenvalue weighted by atomic mass is 9.99. The number of likely N-dealkylation sites (tertiary alicyclic amines) is 1. The second-order valence-electron chi connectivity index (χ2n) is 11.4. The summed E-state index contributed by atoms with van der Waals surface area (Å²) in [4.78, 5) is 33.0. The quantitative estimate of drug-likeness (QED) is 0.428. The van der Waals surface area contributed by atoms with E-state index in [2.05, 4.69) is 15.6 Å². The number of aromatic nitrogens is 1. The van der Waals surface area contributed by atoms with Crippen molar-refractivity contribution in [3.8, 4) is 16.9 Å². The van der Waals surface area contributed by atoms with Gasteiger partial charge in [-0.25, -0.2) is 8.78 Å². The van der Waals surface area contributed by atoms with Crippen molar-refractivity contribution >= 4 is 11.8 Å². The van der Waals surface area contributed by atoms with Crippen LogP contribution in [0.1, 0.15) is 41.6 Å². The zero-order valence-corrected chi connectivity index (χ0v) is 23.5. The van der Waals surface area contributed by atoms with Crippen molar-refractivity contribution in [2.45, 2.75) is 62.6 Å². The highest BCUT2D eigenvalue weighted by Gasteiger charge is 2.39. The zero-order valence-electron chi connectivity index (χ0n) is 23.5. The first-order valence-corrected chi connectivity index (χ1v) is 14.6. The fraction of sp³-hybridized carbons (Fsp3) is 0.406. The number of carbonyl (C=O) groups excluding carboxylic acids is 2. The molecule has 9 nitrogen and oxygen atoms in total. The molecule has 0 saturated carbocycles. The summed E-state index contributed by atoms with van der Waals surface area (Å²) in [5.74, 6) is -2.10. The van der Waals surface area contributed by atoms with Crippen LogP contribution in [0.15, 0.2) is 60.9 Å². The molecule has 6 rings (SSSR count). The number of nitrogens with zero attached hydrogens (tertiary/aromatic N) is 2. The van der Waals surface area contributed by atoms with E-state index < -0.39 is 35.9 Å².